The smallest absolute Gasteiger partial charge is 0.329 e. The third kappa shape index (κ3) is 3.90. The second-order valence-corrected chi connectivity index (χ2v) is 7.02. The summed E-state index contributed by atoms with van der Waals surface area (Å²) in [6.07, 6.45) is 2.44. The van der Waals surface area contributed by atoms with Crippen molar-refractivity contribution in [1.29, 1.82) is 0 Å². The molecule has 1 atom stereocenters. The number of anilines is 1. The highest BCUT2D eigenvalue weighted by molar-refractivity contribution is 7.15. The molecule has 1 aliphatic carbocycles. The minimum Gasteiger partial charge on any atom is -0.480 e. The van der Waals surface area contributed by atoms with Crippen molar-refractivity contribution in [1.82, 2.24) is 15.5 Å². The van der Waals surface area contributed by atoms with Crippen LogP contribution in [0.4, 0.5) is 9.93 Å². The molecule has 0 spiro atoms. The predicted molar refractivity (Wildman–Crippen MR) is 79.4 cm³/mol. The topological polar surface area (TPSA) is 104 Å². The summed E-state index contributed by atoms with van der Waals surface area (Å²) in [5, 5.41) is 23.5. The van der Waals surface area contributed by atoms with E-state index in [1.807, 2.05) is 0 Å². The van der Waals surface area contributed by atoms with Crippen LogP contribution in [0.25, 0.3) is 0 Å². The molecule has 0 aromatic carbocycles. The maximum Gasteiger partial charge on any atom is 0.329 e. The molecule has 21 heavy (non-hydrogen) atoms. The maximum atomic E-state index is 11.9. The fourth-order valence-corrected chi connectivity index (χ4v) is 3.04. The van der Waals surface area contributed by atoms with Gasteiger partial charge in [-0.05, 0) is 31.6 Å². The number of carboxylic acid groups (broad SMARTS) is 1. The number of carbonyl (C=O) groups excluding carboxylic acids is 1. The van der Waals surface area contributed by atoms with Gasteiger partial charge in [0.05, 0.1) is 0 Å². The highest BCUT2D eigenvalue weighted by atomic mass is 32.1. The summed E-state index contributed by atoms with van der Waals surface area (Å²) in [6, 6.07) is -0.556. The Hall–Kier alpha value is -1.70. The molecule has 1 heterocycles. The molecule has 7 nitrogen and oxygen atoms in total. The number of hydrogen-bond donors (Lipinski definition) is 3. The normalized spacial score (nSPS) is 17.3. The van der Waals surface area contributed by atoms with Crippen molar-refractivity contribution >= 4 is 28.5 Å². The summed E-state index contributed by atoms with van der Waals surface area (Å²) < 4.78 is 0. The number of aliphatic carboxylic acids is 1. The van der Waals surface area contributed by atoms with E-state index < -0.39 is 17.5 Å². The third-order valence-electron chi connectivity index (χ3n) is 3.48. The van der Waals surface area contributed by atoms with E-state index in [0.29, 0.717) is 11.0 Å². The molecular weight excluding hydrogens is 292 g/mol. The molecule has 1 aromatic rings. The summed E-state index contributed by atoms with van der Waals surface area (Å²) in [6.45, 7) is 5.70. The van der Waals surface area contributed by atoms with Crippen LogP contribution >= 0.6 is 11.3 Å². The molecule has 1 fully saturated rings. The van der Waals surface area contributed by atoms with Crippen molar-refractivity contribution < 1.29 is 14.7 Å². The first-order chi connectivity index (χ1) is 9.81. The lowest BCUT2D eigenvalue weighted by molar-refractivity contribution is -0.144. The van der Waals surface area contributed by atoms with Gasteiger partial charge in [-0.3, -0.25) is 5.32 Å². The van der Waals surface area contributed by atoms with Crippen LogP contribution < -0.4 is 10.6 Å². The third-order valence-corrected chi connectivity index (χ3v) is 4.34. The van der Waals surface area contributed by atoms with Crippen molar-refractivity contribution in [2.45, 2.75) is 45.6 Å². The highest BCUT2D eigenvalue weighted by Crippen LogP contribution is 2.39. The van der Waals surface area contributed by atoms with E-state index >= 15 is 0 Å². The van der Waals surface area contributed by atoms with E-state index in [-0.39, 0.29) is 5.92 Å². The van der Waals surface area contributed by atoms with Gasteiger partial charge in [0.15, 0.2) is 0 Å². The van der Waals surface area contributed by atoms with Crippen LogP contribution in [0.1, 0.15) is 38.6 Å². The number of hydrogen-bond acceptors (Lipinski definition) is 5. The number of carboxylic acids is 1. The van der Waals surface area contributed by atoms with Crippen molar-refractivity contribution in [3.8, 4) is 0 Å². The lowest BCUT2D eigenvalue weighted by Crippen LogP contribution is -2.55. The minimum atomic E-state index is -1.23. The number of rotatable bonds is 6. The Labute approximate surface area is 127 Å². The van der Waals surface area contributed by atoms with Crippen LogP contribution in [0, 0.1) is 11.8 Å². The zero-order valence-corrected chi connectivity index (χ0v) is 13.2. The molecule has 2 rings (SSSR count). The van der Waals surface area contributed by atoms with Gasteiger partial charge in [0.1, 0.15) is 10.5 Å². The molecule has 0 radical (unpaired) electrons. The van der Waals surface area contributed by atoms with Gasteiger partial charge in [-0.2, -0.15) is 0 Å². The number of aromatic nitrogens is 2. The van der Waals surface area contributed by atoms with Crippen LogP contribution in [0.2, 0.25) is 0 Å². The summed E-state index contributed by atoms with van der Waals surface area (Å²) in [7, 11) is 0. The van der Waals surface area contributed by atoms with E-state index in [9.17, 15) is 14.7 Å². The van der Waals surface area contributed by atoms with Gasteiger partial charge in [0.25, 0.3) is 0 Å². The predicted octanol–water partition coefficient (Wildman–Crippen LogP) is 2.11. The average molecular weight is 312 g/mol. The maximum absolute atomic E-state index is 11.9. The largest absolute Gasteiger partial charge is 0.480 e. The first-order valence-electron chi connectivity index (χ1n) is 6.96. The number of amides is 2. The van der Waals surface area contributed by atoms with Crippen molar-refractivity contribution in [3.05, 3.63) is 5.01 Å². The molecular formula is C13H20N4O3S. The zero-order chi connectivity index (χ0) is 15.6. The van der Waals surface area contributed by atoms with E-state index in [1.165, 1.54) is 18.3 Å². The van der Waals surface area contributed by atoms with Crippen molar-refractivity contribution in [2.75, 3.05) is 5.32 Å². The van der Waals surface area contributed by atoms with Gasteiger partial charge in [-0.15, -0.1) is 10.2 Å². The molecule has 0 saturated heterocycles. The SMILES string of the molecule is CC(C)Cc1nnc(NC(=O)NC(C)(C(=O)O)C2CC2)s1. The van der Waals surface area contributed by atoms with Crippen LogP contribution in [-0.4, -0.2) is 32.8 Å². The van der Waals surface area contributed by atoms with Gasteiger partial charge >= 0.3 is 12.0 Å². The Morgan fingerprint density at radius 2 is 2.10 bits per heavy atom. The van der Waals surface area contributed by atoms with Gasteiger partial charge in [-0.1, -0.05) is 25.2 Å². The van der Waals surface area contributed by atoms with Gasteiger partial charge < -0.3 is 10.4 Å². The summed E-state index contributed by atoms with van der Waals surface area (Å²) in [5.41, 5.74) is -1.23. The molecule has 1 unspecified atom stereocenters. The summed E-state index contributed by atoms with van der Waals surface area (Å²) >= 11 is 1.31. The molecule has 1 saturated carbocycles. The first kappa shape index (κ1) is 15.7. The number of urea groups is 1. The minimum absolute atomic E-state index is 0.00771. The molecule has 0 aliphatic heterocycles. The summed E-state index contributed by atoms with van der Waals surface area (Å²) in [5.74, 6) is -0.561. The van der Waals surface area contributed by atoms with Gasteiger partial charge in [-0.25, -0.2) is 9.59 Å². The molecule has 8 heteroatoms. The van der Waals surface area contributed by atoms with Crippen molar-refractivity contribution in [3.63, 3.8) is 0 Å². The first-order valence-corrected chi connectivity index (χ1v) is 7.78. The van der Waals surface area contributed by atoms with E-state index in [4.69, 9.17) is 0 Å². The molecule has 116 valence electrons. The number of nitrogens with zero attached hydrogens (tertiary/aromatic N) is 2. The average Bonchev–Trinajstić information content (AvgIpc) is 3.13. The molecule has 1 aliphatic rings. The zero-order valence-electron chi connectivity index (χ0n) is 12.3. The number of nitrogens with one attached hydrogen (secondary N) is 2. The van der Waals surface area contributed by atoms with E-state index in [1.54, 1.807) is 0 Å². The van der Waals surface area contributed by atoms with E-state index in [0.717, 1.165) is 24.3 Å². The fraction of sp³-hybridized carbons (Fsp3) is 0.692. The summed E-state index contributed by atoms with van der Waals surface area (Å²) in [4.78, 5) is 23.3. The molecule has 1 aromatic heterocycles. The van der Waals surface area contributed by atoms with Crippen LogP contribution in [0.5, 0.6) is 0 Å². The number of carbonyl (C=O) groups is 2. The Bertz CT molecular complexity index is 541. The monoisotopic (exact) mass is 312 g/mol. The highest BCUT2D eigenvalue weighted by Gasteiger charge is 2.48. The molecule has 2 amide bonds. The Morgan fingerprint density at radius 1 is 1.43 bits per heavy atom. The quantitative estimate of drug-likeness (QED) is 0.746. The lowest BCUT2D eigenvalue weighted by Gasteiger charge is -2.25. The Balaban J connectivity index is 1.95. The second-order valence-electron chi connectivity index (χ2n) is 5.96. The fourth-order valence-electron chi connectivity index (χ4n) is 2.09. The molecule has 0 bridgehead atoms. The van der Waals surface area contributed by atoms with Gasteiger partial charge in [0, 0.05) is 6.42 Å². The second kappa shape index (κ2) is 5.97. The van der Waals surface area contributed by atoms with Crippen LogP contribution in [-0.2, 0) is 11.2 Å². The van der Waals surface area contributed by atoms with Crippen LogP contribution in [0.3, 0.4) is 0 Å². The Kier molecular flexibility index (Phi) is 4.46. The van der Waals surface area contributed by atoms with Crippen LogP contribution in [0.15, 0.2) is 0 Å². The molecule has 3 N–H and O–H groups in total. The van der Waals surface area contributed by atoms with Gasteiger partial charge in [0.2, 0.25) is 5.13 Å². The standard InChI is InChI=1S/C13H20N4O3S/c1-7(2)6-9-16-17-12(21-9)14-11(20)15-13(3,10(18)19)8-4-5-8/h7-8H,4-6H2,1-3H3,(H,18,19)(H2,14,15,17,20). The lowest BCUT2D eigenvalue weighted by atomic mass is 9.96. The Morgan fingerprint density at radius 3 is 2.62 bits per heavy atom. The van der Waals surface area contributed by atoms with E-state index in [2.05, 4.69) is 34.7 Å². The van der Waals surface area contributed by atoms with Crippen molar-refractivity contribution in [2.24, 2.45) is 11.8 Å².